The van der Waals surface area contributed by atoms with Crippen LogP contribution in [0.4, 0.5) is 0 Å². The molecule has 1 aromatic heterocycles. The minimum Gasteiger partial charge on any atom is -0.494 e. The van der Waals surface area contributed by atoms with Gasteiger partial charge in [0.05, 0.1) is 43.4 Å². The minimum absolute atomic E-state index is 0.00297. The number of carbonyl (C=O) groups is 2. The fraction of sp³-hybridized carbons (Fsp3) is 0.500. The van der Waals surface area contributed by atoms with Gasteiger partial charge in [-0.15, -0.1) is 0 Å². The normalized spacial score (nSPS) is 28.8. The highest BCUT2D eigenvalue weighted by Gasteiger charge is 2.68. The first-order chi connectivity index (χ1) is 15.1. The molecule has 3 N–H and O–H groups in total. The van der Waals surface area contributed by atoms with E-state index >= 15 is 0 Å². The fourth-order valence-corrected chi connectivity index (χ4v) is 5.39. The van der Waals surface area contributed by atoms with Crippen LogP contribution >= 0.6 is 0 Å². The molecule has 3 aliphatic rings. The highest BCUT2D eigenvalue weighted by Crippen LogP contribution is 2.55. The highest BCUT2D eigenvalue weighted by molar-refractivity contribution is 5.92. The summed E-state index contributed by atoms with van der Waals surface area (Å²) >= 11 is 0. The van der Waals surface area contributed by atoms with E-state index in [1.54, 1.807) is 22.9 Å². The van der Waals surface area contributed by atoms with Crippen LogP contribution in [0, 0.1) is 11.8 Å². The standard InChI is InChI=1S/C22H27N5O4/c1-30-16-5-3-2-4-15(16)27-12-14(11-25-27)10-24-20(28)18-17-6-7-22(31-17)13-26(9-8-23)21(29)19(18)22/h2-5,11-12,17-19H,6-10,13,23H2,1H3,(H,24,28)/t17?,18?,19?,22-/m0/s1. The largest absolute Gasteiger partial charge is 0.494 e. The van der Waals surface area contributed by atoms with Crippen molar-refractivity contribution in [2.75, 3.05) is 26.7 Å². The van der Waals surface area contributed by atoms with Crippen molar-refractivity contribution in [2.45, 2.75) is 31.1 Å². The average Bonchev–Trinajstić information content (AvgIpc) is 3.54. The van der Waals surface area contributed by atoms with E-state index in [-0.39, 0.29) is 17.9 Å². The van der Waals surface area contributed by atoms with Gasteiger partial charge in [-0.05, 0) is 25.0 Å². The number of methoxy groups -OCH3 is 1. The molecule has 2 bridgehead atoms. The number of ether oxygens (including phenoxy) is 2. The average molecular weight is 425 g/mol. The van der Waals surface area contributed by atoms with Crippen LogP contribution in [-0.4, -0.2) is 64.9 Å². The summed E-state index contributed by atoms with van der Waals surface area (Å²) in [6, 6.07) is 7.60. The Kier molecular flexibility index (Phi) is 4.94. The van der Waals surface area contributed by atoms with Gasteiger partial charge in [0.2, 0.25) is 11.8 Å². The van der Waals surface area contributed by atoms with Crippen LogP contribution in [0.25, 0.3) is 5.69 Å². The number of rotatable bonds is 7. The smallest absolute Gasteiger partial charge is 0.229 e. The molecule has 5 rings (SSSR count). The summed E-state index contributed by atoms with van der Waals surface area (Å²) in [5.74, 6) is -0.281. The fourth-order valence-electron chi connectivity index (χ4n) is 5.39. The molecule has 31 heavy (non-hydrogen) atoms. The Hall–Kier alpha value is -2.91. The number of hydrogen-bond acceptors (Lipinski definition) is 6. The van der Waals surface area contributed by atoms with Crippen molar-refractivity contribution in [3.05, 3.63) is 42.2 Å². The zero-order valence-corrected chi connectivity index (χ0v) is 17.5. The summed E-state index contributed by atoms with van der Waals surface area (Å²) in [4.78, 5) is 27.8. The van der Waals surface area contributed by atoms with Crippen LogP contribution in [0.15, 0.2) is 36.7 Å². The Bertz CT molecular complexity index is 1010. The number of para-hydroxylation sites is 2. The second-order valence-corrected chi connectivity index (χ2v) is 8.49. The van der Waals surface area contributed by atoms with E-state index in [0.717, 1.165) is 24.1 Å². The number of likely N-dealkylation sites (tertiary alicyclic amines) is 1. The molecule has 4 atom stereocenters. The molecule has 2 aromatic rings. The van der Waals surface area contributed by atoms with Gasteiger partial charge in [-0.25, -0.2) is 4.68 Å². The molecule has 0 radical (unpaired) electrons. The van der Waals surface area contributed by atoms with Crippen molar-refractivity contribution < 1.29 is 19.1 Å². The molecule has 0 saturated carbocycles. The number of hydrogen-bond donors (Lipinski definition) is 2. The Balaban J connectivity index is 1.28. The molecule has 9 heteroatoms. The van der Waals surface area contributed by atoms with Gasteiger partial charge in [-0.2, -0.15) is 5.10 Å². The first-order valence-electron chi connectivity index (χ1n) is 10.7. The van der Waals surface area contributed by atoms with Gasteiger partial charge >= 0.3 is 0 Å². The minimum atomic E-state index is -0.520. The van der Waals surface area contributed by atoms with Gasteiger partial charge in [0.25, 0.3) is 0 Å². The van der Waals surface area contributed by atoms with Crippen molar-refractivity contribution in [1.82, 2.24) is 20.0 Å². The molecule has 3 saturated heterocycles. The number of nitrogens with zero attached hydrogens (tertiary/aromatic N) is 3. The predicted octanol–water partition coefficient (Wildman–Crippen LogP) is 0.462. The molecule has 3 unspecified atom stereocenters. The van der Waals surface area contributed by atoms with Gasteiger partial charge in [-0.1, -0.05) is 12.1 Å². The Labute approximate surface area is 180 Å². The van der Waals surface area contributed by atoms with E-state index in [1.807, 2.05) is 30.5 Å². The first kappa shape index (κ1) is 20.0. The van der Waals surface area contributed by atoms with E-state index in [9.17, 15) is 9.59 Å². The topological polar surface area (TPSA) is 112 Å². The maximum absolute atomic E-state index is 13.1. The van der Waals surface area contributed by atoms with E-state index in [4.69, 9.17) is 15.2 Å². The Morgan fingerprint density at radius 3 is 3.06 bits per heavy atom. The SMILES string of the molecule is COc1ccccc1-n1cc(CNC(=O)C2C3CC[C@@]4(CN(CCN)C(=O)C24)O3)cn1. The molecule has 0 aliphatic carbocycles. The Morgan fingerprint density at radius 1 is 1.42 bits per heavy atom. The number of fused-ring (bicyclic) bond motifs is 1. The third kappa shape index (κ3) is 3.19. The van der Waals surface area contributed by atoms with Crippen molar-refractivity contribution in [3.63, 3.8) is 0 Å². The monoisotopic (exact) mass is 425 g/mol. The van der Waals surface area contributed by atoms with E-state index in [1.165, 1.54) is 0 Å². The van der Waals surface area contributed by atoms with E-state index in [2.05, 4.69) is 10.4 Å². The lowest BCUT2D eigenvalue weighted by molar-refractivity contribution is -0.138. The van der Waals surface area contributed by atoms with Gasteiger partial charge in [-0.3, -0.25) is 9.59 Å². The lowest BCUT2D eigenvalue weighted by atomic mass is 9.73. The van der Waals surface area contributed by atoms with Crippen LogP contribution < -0.4 is 15.8 Å². The van der Waals surface area contributed by atoms with Gasteiger partial charge in [0, 0.05) is 31.4 Å². The maximum Gasteiger partial charge on any atom is 0.229 e. The zero-order valence-electron chi connectivity index (χ0n) is 17.5. The summed E-state index contributed by atoms with van der Waals surface area (Å²) in [7, 11) is 1.62. The van der Waals surface area contributed by atoms with Crippen LogP contribution in [-0.2, 0) is 20.9 Å². The zero-order chi connectivity index (χ0) is 21.6. The number of carbonyl (C=O) groups excluding carboxylic acids is 2. The van der Waals surface area contributed by atoms with Gasteiger partial charge < -0.3 is 25.4 Å². The molecular formula is C22H27N5O4. The highest BCUT2D eigenvalue weighted by atomic mass is 16.5. The number of amides is 2. The predicted molar refractivity (Wildman–Crippen MR) is 111 cm³/mol. The quantitative estimate of drug-likeness (QED) is 0.667. The number of aromatic nitrogens is 2. The molecule has 2 amide bonds. The van der Waals surface area contributed by atoms with E-state index in [0.29, 0.717) is 31.9 Å². The second kappa shape index (κ2) is 7.65. The summed E-state index contributed by atoms with van der Waals surface area (Å²) in [5.41, 5.74) is 6.82. The van der Waals surface area contributed by atoms with Crippen molar-refractivity contribution in [2.24, 2.45) is 17.6 Å². The van der Waals surface area contributed by atoms with Crippen LogP contribution in [0.1, 0.15) is 18.4 Å². The lowest BCUT2D eigenvalue weighted by Gasteiger charge is -2.26. The van der Waals surface area contributed by atoms with Crippen molar-refractivity contribution in [1.29, 1.82) is 0 Å². The van der Waals surface area contributed by atoms with E-state index < -0.39 is 17.4 Å². The molecule has 4 heterocycles. The molecule has 9 nitrogen and oxygen atoms in total. The molecule has 1 aromatic carbocycles. The summed E-state index contributed by atoms with van der Waals surface area (Å²) in [6.45, 7) is 1.78. The lowest BCUT2D eigenvalue weighted by Crippen LogP contribution is -2.45. The Morgan fingerprint density at radius 2 is 2.26 bits per heavy atom. The van der Waals surface area contributed by atoms with Crippen LogP contribution in [0.5, 0.6) is 5.75 Å². The number of nitrogens with one attached hydrogen (secondary N) is 1. The van der Waals surface area contributed by atoms with Crippen molar-refractivity contribution >= 4 is 11.8 Å². The summed E-state index contributed by atoms with van der Waals surface area (Å²) in [5, 5.41) is 7.39. The molecule has 164 valence electrons. The summed E-state index contributed by atoms with van der Waals surface area (Å²) < 4.78 is 13.3. The third-order valence-corrected chi connectivity index (χ3v) is 6.74. The van der Waals surface area contributed by atoms with Gasteiger partial charge in [0.1, 0.15) is 11.4 Å². The number of nitrogens with two attached hydrogens (primary N) is 1. The maximum atomic E-state index is 13.1. The first-order valence-corrected chi connectivity index (χ1v) is 10.7. The number of benzene rings is 1. The summed E-state index contributed by atoms with van der Waals surface area (Å²) in [6.07, 6.45) is 5.02. The second-order valence-electron chi connectivity index (χ2n) is 8.49. The third-order valence-electron chi connectivity index (χ3n) is 6.74. The molecule has 3 aliphatic heterocycles. The molecule has 3 fully saturated rings. The molecule has 1 spiro atoms. The molecular weight excluding hydrogens is 398 g/mol. The van der Waals surface area contributed by atoms with Gasteiger partial charge in [0.15, 0.2) is 0 Å². The van der Waals surface area contributed by atoms with Crippen LogP contribution in [0.3, 0.4) is 0 Å². The van der Waals surface area contributed by atoms with Crippen LogP contribution in [0.2, 0.25) is 0 Å². The van der Waals surface area contributed by atoms with Crippen molar-refractivity contribution in [3.8, 4) is 11.4 Å².